The smallest absolute Gasteiger partial charge is 0.292 e. The number of nitro benzene ring substituents is 1. The van der Waals surface area contributed by atoms with E-state index in [4.69, 9.17) is 5.73 Å². The maximum Gasteiger partial charge on any atom is 0.292 e. The molecule has 1 unspecified atom stereocenters. The molecule has 1 aromatic heterocycles. The second-order valence-electron chi connectivity index (χ2n) is 7.39. The van der Waals surface area contributed by atoms with Gasteiger partial charge in [0.05, 0.1) is 10.5 Å². The number of hydrogen-bond donors (Lipinski definition) is 2. The maximum absolute atomic E-state index is 13.4. The van der Waals surface area contributed by atoms with Gasteiger partial charge in [-0.15, -0.1) is 12.4 Å². The maximum atomic E-state index is 13.4. The third kappa shape index (κ3) is 3.72. The fourth-order valence-corrected chi connectivity index (χ4v) is 4.85. The first-order valence-corrected chi connectivity index (χ1v) is 10.0. The Balaban J connectivity index is 0.00000225. The van der Waals surface area contributed by atoms with E-state index in [0.29, 0.717) is 6.54 Å². The zero-order valence-corrected chi connectivity index (χ0v) is 16.9. The van der Waals surface area contributed by atoms with Crippen LogP contribution in [0.5, 0.6) is 0 Å². The average molecular weight is 423 g/mol. The van der Waals surface area contributed by atoms with Gasteiger partial charge < -0.3 is 16.0 Å². The van der Waals surface area contributed by atoms with E-state index in [1.807, 2.05) is 21.7 Å². The van der Waals surface area contributed by atoms with Crippen LogP contribution in [-0.2, 0) is 6.54 Å². The van der Waals surface area contributed by atoms with E-state index < -0.39 is 4.92 Å². The lowest BCUT2D eigenvalue weighted by Crippen LogP contribution is -2.39. The highest BCUT2D eigenvalue weighted by atomic mass is 35.5. The number of para-hydroxylation sites is 1. The number of rotatable bonds is 5. The summed E-state index contributed by atoms with van der Waals surface area (Å²) in [6, 6.07) is 6.62. The quantitative estimate of drug-likeness (QED) is 0.436. The van der Waals surface area contributed by atoms with Gasteiger partial charge >= 0.3 is 0 Å². The van der Waals surface area contributed by atoms with Crippen molar-refractivity contribution >= 4 is 41.0 Å². The standard InChI is InChI=1S/C19H22N4O3S.ClH/c20-17-14(2-1-3-15(17)23(25)26)18(24)22(11-13-4-9-27-12-13)16-10-19(16)5-7-21-8-6-19;/h1-4,9,12,16,21H,5-8,10-11,20H2;1H. The molecule has 1 saturated heterocycles. The van der Waals surface area contributed by atoms with E-state index in [-0.39, 0.29) is 46.7 Å². The highest BCUT2D eigenvalue weighted by molar-refractivity contribution is 7.07. The molecule has 2 aromatic rings. The molecule has 7 nitrogen and oxygen atoms in total. The van der Waals surface area contributed by atoms with Crippen molar-refractivity contribution in [2.45, 2.75) is 31.8 Å². The van der Waals surface area contributed by atoms with Crippen molar-refractivity contribution in [2.24, 2.45) is 5.41 Å². The molecule has 4 rings (SSSR count). The number of nitro groups is 1. The van der Waals surface area contributed by atoms with Crippen LogP contribution in [0.3, 0.4) is 0 Å². The minimum absolute atomic E-state index is 0. The third-order valence-corrected chi connectivity index (χ3v) is 6.56. The molecule has 1 saturated carbocycles. The molecule has 2 fully saturated rings. The minimum Gasteiger partial charge on any atom is -0.393 e. The number of piperidine rings is 1. The molecule has 0 radical (unpaired) electrons. The summed E-state index contributed by atoms with van der Waals surface area (Å²) in [4.78, 5) is 25.9. The Bertz CT molecular complexity index is 868. The summed E-state index contributed by atoms with van der Waals surface area (Å²) in [5.74, 6) is -0.220. The molecule has 150 valence electrons. The molecule has 28 heavy (non-hydrogen) atoms. The summed E-state index contributed by atoms with van der Waals surface area (Å²) in [6.45, 7) is 2.44. The third-order valence-electron chi connectivity index (χ3n) is 5.83. The van der Waals surface area contributed by atoms with E-state index >= 15 is 0 Å². The van der Waals surface area contributed by atoms with Gasteiger partial charge in [-0.05, 0) is 66.2 Å². The second kappa shape index (κ2) is 8.06. The summed E-state index contributed by atoms with van der Waals surface area (Å²) in [5, 5.41) is 18.6. The second-order valence-corrected chi connectivity index (χ2v) is 8.17. The van der Waals surface area contributed by atoms with Gasteiger partial charge in [-0.1, -0.05) is 6.07 Å². The Kier molecular flexibility index (Phi) is 5.92. The van der Waals surface area contributed by atoms with Crippen molar-refractivity contribution < 1.29 is 9.72 Å². The van der Waals surface area contributed by atoms with Crippen molar-refractivity contribution in [1.29, 1.82) is 0 Å². The summed E-state index contributed by atoms with van der Waals surface area (Å²) in [5.41, 5.74) is 7.19. The fourth-order valence-electron chi connectivity index (χ4n) is 4.19. The molecule has 9 heteroatoms. The number of nitrogens with zero attached hydrogens (tertiary/aromatic N) is 2. The summed E-state index contributed by atoms with van der Waals surface area (Å²) in [6.07, 6.45) is 3.09. The van der Waals surface area contributed by atoms with Crippen LogP contribution in [0.15, 0.2) is 35.0 Å². The van der Waals surface area contributed by atoms with Crippen LogP contribution < -0.4 is 11.1 Å². The van der Waals surface area contributed by atoms with Gasteiger partial charge in [0.1, 0.15) is 5.69 Å². The monoisotopic (exact) mass is 422 g/mol. The van der Waals surface area contributed by atoms with Crippen LogP contribution in [0.1, 0.15) is 35.2 Å². The minimum atomic E-state index is -0.541. The van der Waals surface area contributed by atoms with Crippen molar-refractivity contribution in [3.63, 3.8) is 0 Å². The van der Waals surface area contributed by atoms with Gasteiger partial charge in [0.2, 0.25) is 0 Å². The highest BCUT2D eigenvalue weighted by Gasteiger charge is 2.57. The molecule has 1 aliphatic heterocycles. The molecule has 1 atom stereocenters. The lowest BCUT2D eigenvalue weighted by molar-refractivity contribution is -0.383. The van der Waals surface area contributed by atoms with Crippen LogP contribution in [0, 0.1) is 15.5 Å². The van der Waals surface area contributed by atoms with E-state index in [2.05, 4.69) is 5.32 Å². The first-order chi connectivity index (χ1) is 13.0. The largest absolute Gasteiger partial charge is 0.393 e. The number of nitrogens with two attached hydrogens (primary N) is 1. The zero-order valence-electron chi connectivity index (χ0n) is 15.3. The van der Waals surface area contributed by atoms with Crippen molar-refractivity contribution in [2.75, 3.05) is 18.8 Å². The first kappa shape index (κ1) is 20.6. The Morgan fingerprint density at radius 1 is 1.36 bits per heavy atom. The Morgan fingerprint density at radius 3 is 2.75 bits per heavy atom. The number of hydrogen-bond acceptors (Lipinski definition) is 6. The van der Waals surface area contributed by atoms with Crippen molar-refractivity contribution in [3.8, 4) is 0 Å². The number of nitrogen functional groups attached to an aromatic ring is 1. The molecule has 1 aliphatic carbocycles. The Labute approximate surface area is 173 Å². The molecule has 1 spiro atoms. The lowest BCUT2D eigenvalue weighted by Gasteiger charge is -2.30. The molecular formula is C19H23ClN4O3S. The number of nitrogens with one attached hydrogen (secondary N) is 1. The van der Waals surface area contributed by atoms with Crippen LogP contribution >= 0.6 is 23.7 Å². The van der Waals surface area contributed by atoms with E-state index in [1.165, 1.54) is 12.1 Å². The van der Waals surface area contributed by atoms with Gasteiger partial charge in [-0.25, -0.2) is 0 Å². The van der Waals surface area contributed by atoms with Gasteiger partial charge in [0, 0.05) is 18.7 Å². The molecule has 2 aliphatic rings. The average Bonchev–Trinajstić information content (AvgIpc) is 3.09. The predicted octanol–water partition coefficient (Wildman–Crippen LogP) is 3.44. The number of halogens is 1. The van der Waals surface area contributed by atoms with Gasteiger partial charge in [-0.3, -0.25) is 14.9 Å². The van der Waals surface area contributed by atoms with Gasteiger partial charge in [0.15, 0.2) is 0 Å². The number of benzene rings is 1. The summed E-state index contributed by atoms with van der Waals surface area (Å²) in [7, 11) is 0. The van der Waals surface area contributed by atoms with E-state index in [0.717, 1.165) is 37.9 Å². The van der Waals surface area contributed by atoms with Gasteiger partial charge in [-0.2, -0.15) is 11.3 Å². The van der Waals surface area contributed by atoms with Crippen LogP contribution in [0.25, 0.3) is 0 Å². The van der Waals surface area contributed by atoms with Crippen LogP contribution in [0.2, 0.25) is 0 Å². The molecular weight excluding hydrogens is 400 g/mol. The number of carbonyl (C=O) groups excluding carboxylic acids is 1. The Hall–Kier alpha value is -2.16. The summed E-state index contributed by atoms with van der Waals surface area (Å²) >= 11 is 1.60. The predicted molar refractivity (Wildman–Crippen MR) is 112 cm³/mol. The number of carbonyl (C=O) groups is 1. The topological polar surface area (TPSA) is 102 Å². The van der Waals surface area contributed by atoms with Crippen LogP contribution in [-0.4, -0.2) is 34.9 Å². The van der Waals surface area contributed by atoms with Crippen molar-refractivity contribution in [1.82, 2.24) is 10.2 Å². The van der Waals surface area contributed by atoms with Crippen molar-refractivity contribution in [3.05, 3.63) is 56.3 Å². The number of thiophene rings is 1. The lowest BCUT2D eigenvalue weighted by atomic mass is 9.93. The fraction of sp³-hybridized carbons (Fsp3) is 0.421. The molecule has 1 aromatic carbocycles. The van der Waals surface area contributed by atoms with Gasteiger partial charge in [0.25, 0.3) is 11.6 Å². The molecule has 1 amide bonds. The normalized spacial score (nSPS) is 19.6. The first-order valence-electron chi connectivity index (χ1n) is 9.07. The SMILES string of the molecule is Cl.Nc1c(C(=O)N(Cc2ccsc2)C2CC23CCNCC3)cccc1[N+](=O)[O-]. The molecule has 3 N–H and O–H groups in total. The van der Waals surface area contributed by atoms with E-state index in [1.54, 1.807) is 17.4 Å². The zero-order chi connectivity index (χ0) is 19.0. The number of anilines is 1. The summed E-state index contributed by atoms with van der Waals surface area (Å²) < 4.78 is 0. The number of amides is 1. The van der Waals surface area contributed by atoms with Crippen LogP contribution in [0.4, 0.5) is 11.4 Å². The molecule has 2 heterocycles. The Morgan fingerprint density at radius 2 is 2.11 bits per heavy atom. The van der Waals surface area contributed by atoms with E-state index in [9.17, 15) is 14.9 Å². The molecule has 0 bridgehead atoms. The highest BCUT2D eigenvalue weighted by Crippen LogP contribution is 2.56.